The molecule has 3 aromatic rings. The Morgan fingerprint density at radius 1 is 1.06 bits per heavy atom. The van der Waals surface area contributed by atoms with Gasteiger partial charge in [0.05, 0.1) is 29.5 Å². The molecule has 1 aliphatic heterocycles. The smallest absolute Gasteiger partial charge is 0.262 e. The van der Waals surface area contributed by atoms with Gasteiger partial charge in [0.25, 0.3) is 5.56 Å². The van der Waals surface area contributed by atoms with Gasteiger partial charge in [-0.15, -0.1) is 0 Å². The van der Waals surface area contributed by atoms with Gasteiger partial charge in [-0.25, -0.2) is 4.98 Å². The summed E-state index contributed by atoms with van der Waals surface area (Å²) >= 11 is 1.35. The molecule has 4 rings (SSSR count). The molecule has 0 aliphatic carbocycles. The van der Waals surface area contributed by atoms with E-state index in [1.54, 1.807) is 11.7 Å². The van der Waals surface area contributed by atoms with Gasteiger partial charge in [0.15, 0.2) is 5.16 Å². The number of thioether (sulfide) groups is 1. The van der Waals surface area contributed by atoms with Gasteiger partial charge in [-0.05, 0) is 30.2 Å². The third-order valence-electron chi connectivity index (χ3n) is 5.76. The first-order valence-corrected chi connectivity index (χ1v) is 12.2. The summed E-state index contributed by atoms with van der Waals surface area (Å²) in [6.45, 7) is 7.53. The lowest BCUT2D eigenvalue weighted by molar-refractivity contribution is -0.128. The molecular formula is C25H30N4O3S. The van der Waals surface area contributed by atoms with Gasteiger partial charge in [-0.1, -0.05) is 49.9 Å². The second-order valence-electron chi connectivity index (χ2n) is 8.55. The minimum atomic E-state index is -0.0466. The number of piperazine rings is 1. The molecule has 1 aliphatic rings. The Labute approximate surface area is 198 Å². The van der Waals surface area contributed by atoms with E-state index in [2.05, 4.69) is 18.7 Å². The zero-order chi connectivity index (χ0) is 23.4. The minimum Gasteiger partial charge on any atom is -0.495 e. The lowest BCUT2D eigenvalue weighted by atomic mass is 10.2. The molecule has 1 amide bonds. The van der Waals surface area contributed by atoms with Crippen LogP contribution >= 0.6 is 11.8 Å². The molecule has 1 fully saturated rings. The van der Waals surface area contributed by atoms with Crippen LogP contribution < -0.4 is 15.2 Å². The Bertz CT molecular complexity index is 1190. The SMILES string of the molecule is COc1ccccc1N1CCN(C(=O)CSc2nc3ccccc3c(=O)n2CC(C)C)CC1. The molecule has 0 spiro atoms. The highest BCUT2D eigenvalue weighted by atomic mass is 32.2. The van der Waals surface area contributed by atoms with E-state index in [9.17, 15) is 9.59 Å². The normalized spacial score (nSPS) is 14.2. The van der Waals surface area contributed by atoms with Crippen molar-refractivity contribution < 1.29 is 9.53 Å². The summed E-state index contributed by atoms with van der Waals surface area (Å²) in [5.74, 6) is 1.47. The molecule has 1 aromatic heterocycles. The molecule has 0 unspecified atom stereocenters. The van der Waals surface area contributed by atoms with Crippen LogP contribution in [0.2, 0.25) is 0 Å². The van der Waals surface area contributed by atoms with Gasteiger partial charge in [0, 0.05) is 32.7 Å². The van der Waals surface area contributed by atoms with Crippen LogP contribution in [0, 0.1) is 5.92 Å². The van der Waals surface area contributed by atoms with Gasteiger partial charge in [0.2, 0.25) is 5.91 Å². The van der Waals surface area contributed by atoms with Crippen molar-refractivity contribution in [3.05, 3.63) is 58.9 Å². The fraction of sp³-hybridized carbons (Fsp3) is 0.400. The van der Waals surface area contributed by atoms with Crippen LogP contribution in [-0.2, 0) is 11.3 Å². The van der Waals surface area contributed by atoms with Gasteiger partial charge >= 0.3 is 0 Å². The fourth-order valence-electron chi connectivity index (χ4n) is 4.09. The van der Waals surface area contributed by atoms with E-state index in [1.807, 2.05) is 53.4 Å². The van der Waals surface area contributed by atoms with Crippen molar-refractivity contribution in [3.63, 3.8) is 0 Å². The van der Waals surface area contributed by atoms with Gasteiger partial charge in [-0.2, -0.15) is 0 Å². The number of hydrogen-bond acceptors (Lipinski definition) is 6. The Morgan fingerprint density at radius 2 is 1.76 bits per heavy atom. The summed E-state index contributed by atoms with van der Waals surface area (Å²) in [5.41, 5.74) is 1.68. The molecule has 0 bridgehead atoms. The van der Waals surface area contributed by atoms with Gasteiger partial charge in [-0.3, -0.25) is 14.2 Å². The predicted octanol–water partition coefficient (Wildman–Crippen LogP) is 3.50. The van der Waals surface area contributed by atoms with Crippen LogP contribution in [-0.4, -0.2) is 59.4 Å². The number of benzene rings is 2. The highest BCUT2D eigenvalue weighted by Gasteiger charge is 2.23. The van der Waals surface area contributed by atoms with E-state index >= 15 is 0 Å². The number of aromatic nitrogens is 2. The van der Waals surface area contributed by atoms with Crippen molar-refractivity contribution in [2.45, 2.75) is 25.5 Å². The zero-order valence-electron chi connectivity index (χ0n) is 19.4. The molecule has 0 atom stereocenters. The van der Waals surface area contributed by atoms with Crippen molar-refractivity contribution in [2.75, 3.05) is 43.9 Å². The molecular weight excluding hydrogens is 436 g/mol. The standard InChI is InChI=1S/C25H30N4O3S/c1-18(2)16-29-24(31)19-8-4-5-9-20(19)26-25(29)33-17-23(30)28-14-12-27(13-15-28)21-10-6-7-11-22(21)32-3/h4-11,18H,12-17H2,1-3H3. The van der Waals surface area contributed by atoms with Crippen LogP contribution in [0.15, 0.2) is 58.5 Å². The second kappa shape index (κ2) is 10.3. The Balaban J connectivity index is 1.43. The fourth-order valence-corrected chi connectivity index (χ4v) is 5.00. The molecule has 33 heavy (non-hydrogen) atoms. The highest BCUT2D eigenvalue weighted by Crippen LogP contribution is 2.28. The molecule has 0 N–H and O–H groups in total. The number of hydrogen-bond donors (Lipinski definition) is 0. The number of nitrogens with zero attached hydrogens (tertiary/aromatic N) is 4. The summed E-state index contributed by atoms with van der Waals surface area (Å²) in [6, 6.07) is 15.3. The summed E-state index contributed by atoms with van der Waals surface area (Å²) in [6.07, 6.45) is 0. The van der Waals surface area contributed by atoms with Crippen molar-refractivity contribution in [1.82, 2.24) is 14.5 Å². The number of methoxy groups -OCH3 is 1. The van der Waals surface area contributed by atoms with Gasteiger partial charge < -0.3 is 14.5 Å². The molecule has 174 valence electrons. The van der Waals surface area contributed by atoms with E-state index in [-0.39, 0.29) is 17.2 Å². The van der Waals surface area contributed by atoms with Crippen LogP contribution in [0.25, 0.3) is 10.9 Å². The topological polar surface area (TPSA) is 67.7 Å². The average molecular weight is 467 g/mol. The van der Waals surface area contributed by atoms with E-state index in [0.717, 1.165) is 24.5 Å². The van der Waals surface area contributed by atoms with E-state index in [4.69, 9.17) is 9.72 Å². The third-order valence-corrected chi connectivity index (χ3v) is 6.72. The maximum Gasteiger partial charge on any atom is 0.262 e. The van der Waals surface area contributed by atoms with Crippen molar-refractivity contribution >= 4 is 34.3 Å². The Morgan fingerprint density at radius 3 is 2.48 bits per heavy atom. The molecule has 1 saturated heterocycles. The number of amides is 1. The predicted molar refractivity (Wildman–Crippen MR) is 133 cm³/mol. The van der Waals surface area contributed by atoms with E-state index in [1.165, 1.54) is 11.8 Å². The average Bonchev–Trinajstić information content (AvgIpc) is 2.84. The number of fused-ring (bicyclic) bond motifs is 1. The van der Waals surface area contributed by atoms with E-state index in [0.29, 0.717) is 41.6 Å². The second-order valence-corrected chi connectivity index (χ2v) is 9.49. The maximum atomic E-state index is 13.1. The minimum absolute atomic E-state index is 0.0466. The highest BCUT2D eigenvalue weighted by molar-refractivity contribution is 7.99. The number of para-hydroxylation sites is 3. The monoisotopic (exact) mass is 466 g/mol. The Kier molecular flexibility index (Phi) is 7.23. The van der Waals surface area contributed by atoms with Crippen molar-refractivity contribution in [1.29, 1.82) is 0 Å². The van der Waals surface area contributed by atoms with Crippen LogP contribution in [0.3, 0.4) is 0 Å². The molecule has 2 aromatic carbocycles. The summed E-state index contributed by atoms with van der Waals surface area (Å²) < 4.78 is 7.19. The number of ether oxygens (including phenoxy) is 1. The van der Waals surface area contributed by atoms with E-state index < -0.39 is 0 Å². The molecule has 2 heterocycles. The lowest BCUT2D eigenvalue weighted by Crippen LogP contribution is -2.49. The Hall–Kier alpha value is -3.00. The number of carbonyl (C=O) groups excluding carboxylic acids is 1. The zero-order valence-corrected chi connectivity index (χ0v) is 20.2. The quantitative estimate of drug-likeness (QED) is 0.392. The summed E-state index contributed by atoms with van der Waals surface area (Å²) in [4.78, 5) is 34.9. The largest absolute Gasteiger partial charge is 0.495 e. The van der Waals surface area contributed by atoms with Crippen LogP contribution in [0.1, 0.15) is 13.8 Å². The molecule has 0 radical (unpaired) electrons. The maximum absolute atomic E-state index is 13.1. The summed E-state index contributed by atoms with van der Waals surface area (Å²) in [5, 5.41) is 1.22. The van der Waals surface area contributed by atoms with Crippen molar-refractivity contribution in [3.8, 4) is 5.75 Å². The van der Waals surface area contributed by atoms with Crippen LogP contribution in [0.5, 0.6) is 5.75 Å². The molecule has 7 nitrogen and oxygen atoms in total. The number of carbonyl (C=O) groups is 1. The molecule has 8 heteroatoms. The third kappa shape index (κ3) is 5.16. The lowest BCUT2D eigenvalue weighted by Gasteiger charge is -2.36. The first-order valence-electron chi connectivity index (χ1n) is 11.3. The number of anilines is 1. The first-order chi connectivity index (χ1) is 16.0. The van der Waals surface area contributed by atoms with Crippen molar-refractivity contribution in [2.24, 2.45) is 5.92 Å². The van der Waals surface area contributed by atoms with Gasteiger partial charge in [0.1, 0.15) is 5.75 Å². The molecule has 0 saturated carbocycles. The number of rotatable bonds is 7. The van der Waals surface area contributed by atoms with Crippen LogP contribution in [0.4, 0.5) is 5.69 Å². The first kappa shape index (κ1) is 23.2. The summed E-state index contributed by atoms with van der Waals surface area (Å²) in [7, 11) is 1.68.